The van der Waals surface area contributed by atoms with Crippen LogP contribution in [0.3, 0.4) is 0 Å². The molecule has 1 amide bonds. The Morgan fingerprint density at radius 3 is 2.65 bits per heavy atom. The van der Waals surface area contributed by atoms with E-state index in [1.807, 2.05) is 43.0 Å². The highest BCUT2D eigenvalue weighted by Crippen LogP contribution is 2.28. The Morgan fingerprint density at radius 2 is 2.05 bits per heavy atom. The topological polar surface area (TPSA) is 85.2 Å². The van der Waals surface area contributed by atoms with Crippen LogP contribution in [0.2, 0.25) is 0 Å². The Balaban J connectivity index is 2.50. The smallest absolute Gasteiger partial charge is 0.250 e. The van der Waals surface area contributed by atoms with Crippen molar-refractivity contribution in [2.24, 2.45) is 5.73 Å². The SMILES string of the molecule is CCN(c1cc(C(N)=O)c(N)cn1)c1ccccc1C. The molecule has 0 unspecified atom stereocenters. The van der Waals surface area contributed by atoms with Gasteiger partial charge in [-0.3, -0.25) is 4.79 Å². The lowest BCUT2D eigenvalue weighted by atomic mass is 10.1. The number of aryl methyl sites for hydroxylation is 1. The zero-order valence-corrected chi connectivity index (χ0v) is 11.6. The van der Waals surface area contributed by atoms with Crippen molar-refractivity contribution in [2.75, 3.05) is 17.2 Å². The summed E-state index contributed by atoms with van der Waals surface area (Å²) < 4.78 is 0. The molecule has 104 valence electrons. The number of carbonyl (C=O) groups excluding carboxylic acids is 1. The average molecular weight is 270 g/mol. The second kappa shape index (κ2) is 5.61. The van der Waals surface area contributed by atoms with Crippen molar-refractivity contribution in [1.82, 2.24) is 4.98 Å². The van der Waals surface area contributed by atoms with Gasteiger partial charge in [0.15, 0.2) is 0 Å². The van der Waals surface area contributed by atoms with Crippen molar-refractivity contribution in [3.63, 3.8) is 0 Å². The molecule has 0 aliphatic heterocycles. The highest BCUT2D eigenvalue weighted by Gasteiger charge is 2.14. The van der Waals surface area contributed by atoms with E-state index in [1.165, 1.54) is 6.20 Å². The number of primary amides is 1. The van der Waals surface area contributed by atoms with Crippen molar-refractivity contribution in [2.45, 2.75) is 13.8 Å². The minimum Gasteiger partial charge on any atom is -0.397 e. The number of pyridine rings is 1. The summed E-state index contributed by atoms with van der Waals surface area (Å²) >= 11 is 0. The molecule has 5 nitrogen and oxygen atoms in total. The highest BCUT2D eigenvalue weighted by molar-refractivity contribution is 5.98. The molecule has 0 aliphatic rings. The number of anilines is 3. The van der Waals surface area contributed by atoms with Crippen LogP contribution in [0.1, 0.15) is 22.8 Å². The van der Waals surface area contributed by atoms with E-state index in [2.05, 4.69) is 4.98 Å². The minimum absolute atomic E-state index is 0.294. The lowest BCUT2D eigenvalue weighted by Crippen LogP contribution is -2.20. The van der Waals surface area contributed by atoms with Crippen LogP contribution in [0.25, 0.3) is 0 Å². The fourth-order valence-electron chi connectivity index (χ4n) is 2.14. The molecule has 0 fully saturated rings. The van der Waals surface area contributed by atoms with Crippen LogP contribution < -0.4 is 16.4 Å². The van der Waals surface area contributed by atoms with E-state index in [0.717, 1.165) is 17.8 Å². The Morgan fingerprint density at radius 1 is 1.35 bits per heavy atom. The molecule has 0 radical (unpaired) electrons. The molecule has 0 spiro atoms. The van der Waals surface area contributed by atoms with Crippen molar-refractivity contribution >= 4 is 23.1 Å². The van der Waals surface area contributed by atoms with Crippen LogP contribution in [0.4, 0.5) is 17.2 Å². The highest BCUT2D eigenvalue weighted by atomic mass is 16.1. The van der Waals surface area contributed by atoms with Gasteiger partial charge >= 0.3 is 0 Å². The summed E-state index contributed by atoms with van der Waals surface area (Å²) in [6.45, 7) is 4.78. The van der Waals surface area contributed by atoms with Crippen molar-refractivity contribution in [3.8, 4) is 0 Å². The van der Waals surface area contributed by atoms with Gasteiger partial charge in [-0.15, -0.1) is 0 Å². The Kier molecular flexibility index (Phi) is 3.89. The molecular formula is C15H18N4O. The van der Waals surface area contributed by atoms with E-state index in [4.69, 9.17) is 11.5 Å². The number of amides is 1. The molecule has 1 aromatic heterocycles. The van der Waals surface area contributed by atoms with Gasteiger partial charge < -0.3 is 16.4 Å². The largest absolute Gasteiger partial charge is 0.397 e. The first-order valence-corrected chi connectivity index (χ1v) is 6.43. The zero-order chi connectivity index (χ0) is 14.7. The number of carbonyl (C=O) groups is 1. The van der Waals surface area contributed by atoms with E-state index in [1.54, 1.807) is 6.07 Å². The molecule has 1 heterocycles. The fourth-order valence-corrected chi connectivity index (χ4v) is 2.14. The van der Waals surface area contributed by atoms with Crippen LogP contribution in [0, 0.1) is 6.92 Å². The van der Waals surface area contributed by atoms with Crippen LogP contribution in [-0.4, -0.2) is 17.4 Å². The summed E-state index contributed by atoms with van der Waals surface area (Å²) in [6.07, 6.45) is 1.47. The van der Waals surface area contributed by atoms with E-state index in [-0.39, 0.29) is 0 Å². The van der Waals surface area contributed by atoms with Crippen LogP contribution >= 0.6 is 0 Å². The number of nitrogens with zero attached hydrogens (tertiary/aromatic N) is 2. The number of hydrogen-bond acceptors (Lipinski definition) is 4. The van der Waals surface area contributed by atoms with Crippen molar-refractivity contribution < 1.29 is 4.79 Å². The van der Waals surface area contributed by atoms with Gasteiger partial charge in [0.1, 0.15) is 5.82 Å². The summed E-state index contributed by atoms with van der Waals surface area (Å²) in [4.78, 5) is 17.7. The quantitative estimate of drug-likeness (QED) is 0.892. The molecule has 0 atom stereocenters. The van der Waals surface area contributed by atoms with Gasteiger partial charge in [0, 0.05) is 12.2 Å². The second-order valence-electron chi connectivity index (χ2n) is 4.52. The Labute approximate surface area is 118 Å². The third-order valence-electron chi connectivity index (χ3n) is 3.18. The molecule has 0 saturated heterocycles. The fraction of sp³-hybridized carbons (Fsp3) is 0.200. The molecule has 4 N–H and O–H groups in total. The van der Waals surface area contributed by atoms with Gasteiger partial charge in [0.05, 0.1) is 17.4 Å². The molecule has 1 aromatic carbocycles. The second-order valence-corrected chi connectivity index (χ2v) is 4.52. The summed E-state index contributed by atoms with van der Waals surface area (Å²) in [6, 6.07) is 9.63. The van der Waals surface area contributed by atoms with E-state index in [0.29, 0.717) is 17.1 Å². The first kappa shape index (κ1) is 13.9. The van der Waals surface area contributed by atoms with Gasteiger partial charge in [-0.05, 0) is 31.5 Å². The first-order chi connectivity index (χ1) is 9.54. The summed E-state index contributed by atoms with van der Waals surface area (Å²) in [7, 11) is 0. The number of para-hydroxylation sites is 1. The Bertz CT molecular complexity index is 640. The van der Waals surface area contributed by atoms with Crippen LogP contribution in [0.5, 0.6) is 0 Å². The molecule has 5 heteroatoms. The van der Waals surface area contributed by atoms with Crippen LogP contribution in [-0.2, 0) is 0 Å². The molecule has 0 aliphatic carbocycles. The number of hydrogen-bond donors (Lipinski definition) is 2. The maximum absolute atomic E-state index is 11.4. The number of rotatable bonds is 4. The first-order valence-electron chi connectivity index (χ1n) is 6.43. The van der Waals surface area contributed by atoms with E-state index >= 15 is 0 Å². The maximum atomic E-state index is 11.4. The monoisotopic (exact) mass is 270 g/mol. The molecule has 0 bridgehead atoms. The third-order valence-corrected chi connectivity index (χ3v) is 3.18. The molecule has 0 saturated carbocycles. The lowest BCUT2D eigenvalue weighted by Gasteiger charge is -2.24. The van der Waals surface area contributed by atoms with Crippen molar-refractivity contribution in [1.29, 1.82) is 0 Å². The predicted octanol–water partition coefficient (Wildman–Crippen LogP) is 2.23. The molecular weight excluding hydrogens is 252 g/mol. The zero-order valence-electron chi connectivity index (χ0n) is 11.6. The predicted molar refractivity (Wildman–Crippen MR) is 81.0 cm³/mol. The standard InChI is InChI=1S/C15H18N4O/c1-3-19(13-7-5-4-6-10(13)2)14-8-11(15(17)20)12(16)9-18-14/h4-9H,3,16H2,1-2H3,(H2,17,20). The number of benzene rings is 1. The molecule has 2 aromatic rings. The van der Waals surface area contributed by atoms with Gasteiger partial charge in [-0.1, -0.05) is 18.2 Å². The number of aromatic nitrogens is 1. The normalized spacial score (nSPS) is 10.3. The number of nitrogens with two attached hydrogens (primary N) is 2. The Hall–Kier alpha value is -2.56. The maximum Gasteiger partial charge on any atom is 0.250 e. The summed E-state index contributed by atoms with van der Waals surface area (Å²) in [5, 5.41) is 0. The van der Waals surface area contributed by atoms with Gasteiger partial charge in [0.2, 0.25) is 0 Å². The summed E-state index contributed by atoms with van der Waals surface area (Å²) in [5.74, 6) is 0.108. The van der Waals surface area contributed by atoms with Crippen molar-refractivity contribution in [3.05, 3.63) is 47.7 Å². The van der Waals surface area contributed by atoms with E-state index < -0.39 is 5.91 Å². The van der Waals surface area contributed by atoms with Gasteiger partial charge in [-0.25, -0.2) is 4.98 Å². The number of nitrogen functional groups attached to an aromatic ring is 1. The van der Waals surface area contributed by atoms with Gasteiger partial charge in [0.25, 0.3) is 5.91 Å². The van der Waals surface area contributed by atoms with Crippen LogP contribution in [0.15, 0.2) is 36.5 Å². The van der Waals surface area contributed by atoms with E-state index in [9.17, 15) is 4.79 Å². The lowest BCUT2D eigenvalue weighted by molar-refractivity contribution is 0.100. The summed E-state index contributed by atoms with van der Waals surface area (Å²) in [5.41, 5.74) is 13.8. The molecule has 2 rings (SSSR count). The third kappa shape index (κ3) is 2.56. The minimum atomic E-state index is -0.549. The average Bonchev–Trinajstić information content (AvgIpc) is 2.43. The molecule has 20 heavy (non-hydrogen) atoms. The van der Waals surface area contributed by atoms with Gasteiger partial charge in [-0.2, -0.15) is 0 Å².